The van der Waals surface area contributed by atoms with Gasteiger partial charge < -0.3 is 11.1 Å². The van der Waals surface area contributed by atoms with E-state index in [1.807, 2.05) is 0 Å². The van der Waals surface area contributed by atoms with Crippen molar-refractivity contribution >= 4 is 11.6 Å². The van der Waals surface area contributed by atoms with Crippen molar-refractivity contribution in [1.82, 2.24) is 15.1 Å². The summed E-state index contributed by atoms with van der Waals surface area (Å²) in [5.41, 5.74) is 6.39. The number of nitrogens with zero attached hydrogens (tertiary/aromatic N) is 2. The summed E-state index contributed by atoms with van der Waals surface area (Å²) in [6, 6.07) is 0. The van der Waals surface area contributed by atoms with Gasteiger partial charge in [0.1, 0.15) is 0 Å². The van der Waals surface area contributed by atoms with Crippen LogP contribution in [0.2, 0.25) is 0 Å². The quantitative estimate of drug-likeness (QED) is 0.786. The first-order valence-electron chi connectivity index (χ1n) is 5.62. The van der Waals surface area contributed by atoms with Gasteiger partial charge in [0, 0.05) is 18.8 Å². The monoisotopic (exact) mass is 222 g/mol. The van der Waals surface area contributed by atoms with Crippen molar-refractivity contribution in [2.75, 3.05) is 5.73 Å². The molecule has 1 aliphatic carbocycles. The summed E-state index contributed by atoms with van der Waals surface area (Å²) in [6.45, 7) is 2.08. The van der Waals surface area contributed by atoms with Crippen LogP contribution in [-0.2, 0) is 7.05 Å². The van der Waals surface area contributed by atoms with E-state index in [4.69, 9.17) is 5.73 Å². The molecule has 16 heavy (non-hydrogen) atoms. The Morgan fingerprint density at radius 2 is 2.19 bits per heavy atom. The molecule has 0 bridgehead atoms. The van der Waals surface area contributed by atoms with Crippen LogP contribution in [0.25, 0.3) is 0 Å². The maximum absolute atomic E-state index is 12.0. The minimum atomic E-state index is -0.164. The summed E-state index contributed by atoms with van der Waals surface area (Å²) in [7, 11) is 1.75. The molecule has 5 heteroatoms. The Hall–Kier alpha value is -1.52. The van der Waals surface area contributed by atoms with Gasteiger partial charge in [-0.3, -0.25) is 9.48 Å². The number of carbonyl (C=O) groups is 1. The van der Waals surface area contributed by atoms with E-state index in [1.54, 1.807) is 17.9 Å². The van der Waals surface area contributed by atoms with Gasteiger partial charge in [0.05, 0.1) is 5.69 Å². The summed E-state index contributed by atoms with van der Waals surface area (Å²) >= 11 is 0. The lowest BCUT2D eigenvalue weighted by Crippen LogP contribution is -2.43. The van der Waals surface area contributed by atoms with E-state index in [-0.39, 0.29) is 11.4 Å². The molecule has 1 amide bonds. The number of nitrogens with one attached hydrogen (secondary N) is 1. The molecule has 1 heterocycles. The van der Waals surface area contributed by atoms with Crippen LogP contribution < -0.4 is 11.1 Å². The fraction of sp³-hybridized carbons (Fsp3) is 0.636. The molecule has 1 aromatic heterocycles. The molecule has 0 aromatic carbocycles. The molecule has 0 spiro atoms. The Morgan fingerprint density at radius 3 is 2.69 bits per heavy atom. The van der Waals surface area contributed by atoms with Crippen molar-refractivity contribution in [2.24, 2.45) is 7.05 Å². The largest absolute Gasteiger partial charge is 0.396 e. The summed E-state index contributed by atoms with van der Waals surface area (Å²) in [5.74, 6) is -0.164. The molecule has 0 aliphatic heterocycles. The average molecular weight is 222 g/mol. The molecule has 1 saturated carbocycles. The lowest BCUT2D eigenvalue weighted by molar-refractivity contribution is 0.0903. The van der Waals surface area contributed by atoms with E-state index in [9.17, 15) is 4.79 Å². The highest BCUT2D eigenvalue weighted by Gasteiger charge is 2.31. The zero-order chi connectivity index (χ0) is 11.8. The number of amides is 1. The smallest absolute Gasteiger partial charge is 0.274 e. The first-order valence-corrected chi connectivity index (χ1v) is 5.62. The van der Waals surface area contributed by atoms with E-state index >= 15 is 0 Å². The van der Waals surface area contributed by atoms with Gasteiger partial charge in [-0.1, -0.05) is 12.8 Å². The number of anilines is 1. The second-order valence-corrected chi connectivity index (χ2v) is 4.83. The van der Waals surface area contributed by atoms with E-state index in [0.29, 0.717) is 11.4 Å². The third-order valence-electron chi connectivity index (χ3n) is 3.19. The molecule has 3 N–H and O–H groups in total. The van der Waals surface area contributed by atoms with Crippen molar-refractivity contribution in [3.05, 3.63) is 11.9 Å². The molecular formula is C11H18N4O. The highest BCUT2D eigenvalue weighted by molar-refractivity contribution is 5.97. The van der Waals surface area contributed by atoms with Gasteiger partial charge in [0.15, 0.2) is 5.69 Å². The predicted molar refractivity (Wildman–Crippen MR) is 62.0 cm³/mol. The predicted octanol–water partition coefficient (Wildman–Crippen LogP) is 1.06. The minimum absolute atomic E-state index is 0.0823. The molecule has 1 fully saturated rings. The summed E-state index contributed by atoms with van der Waals surface area (Å²) in [5, 5.41) is 7.09. The molecule has 0 saturated heterocycles. The maximum Gasteiger partial charge on any atom is 0.274 e. The number of hydrogen-bond acceptors (Lipinski definition) is 3. The van der Waals surface area contributed by atoms with Crippen molar-refractivity contribution in [2.45, 2.75) is 38.1 Å². The number of aryl methyl sites for hydroxylation is 1. The van der Waals surface area contributed by atoms with Crippen molar-refractivity contribution in [3.63, 3.8) is 0 Å². The zero-order valence-electron chi connectivity index (χ0n) is 9.79. The van der Waals surface area contributed by atoms with Gasteiger partial charge in [-0.25, -0.2) is 0 Å². The summed E-state index contributed by atoms with van der Waals surface area (Å²) in [4.78, 5) is 12.0. The van der Waals surface area contributed by atoms with Crippen molar-refractivity contribution in [1.29, 1.82) is 0 Å². The molecule has 0 unspecified atom stereocenters. The Labute approximate surface area is 95.0 Å². The molecule has 0 atom stereocenters. The second-order valence-electron chi connectivity index (χ2n) is 4.83. The fourth-order valence-corrected chi connectivity index (χ4v) is 2.30. The first-order chi connectivity index (χ1) is 7.50. The summed E-state index contributed by atoms with van der Waals surface area (Å²) < 4.78 is 1.56. The van der Waals surface area contributed by atoms with E-state index < -0.39 is 0 Å². The molecular weight excluding hydrogens is 204 g/mol. The highest BCUT2D eigenvalue weighted by Crippen LogP contribution is 2.29. The highest BCUT2D eigenvalue weighted by atomic mass is 16.2. The van der Waals surface area contributed by atoms with Crippen molar-refractivity contribution < 1.29 is 4.79 Å². The normalized spacial score (nSPS) is 18.6. The van der Waals surface area contributed by atoms with Gasteiger partial charge in [0.25, 0.3) is 5.91 Å². The van der Waals surface area contributed by atoms with Gasteiger partial charge in [-0.2, -0.15) is 5.10 Å². The Bertz CT molecular complexity index is 404. The Morgan fingerprint density at radius 1 is 1.56 bits per heavy atom. The third kappa shape index (κ3) is 2.03. The van der Waals surface area contributed by atoms with Crippen LogP contribution in [0, 0.1) is 0 Å². The number of carbonyl (C=O) groups excluding carboxylic acids is 1. The Kier molecular flexibility index (Phi) is 2.61. The van der Waals surface area contributed by atoms with Crippen LogP contribution in [0.3, 0.4) is 0 Å². The maximum atomic E-state index is 12.0. The first kappa shape index (κ1) is 11.0. The van der Waals surface area contributed by atoms with E-state index in [2.05, 4.69) is 17.3 Å². The topological polar surface area (TPSA) is 72.9 Å². The van der Waals surface area contributed by atoms with Crippen LogP contribution in [0.4, 0.5) is 5.69 Å². The number of aromatic nitrogens is 2. The molecule has 0 radical (unpaired) electrons. The van der Waals surface area contributed by atoms with Gasteiger partial charge >= 0.3 is 0 Å². The summed E-state index contributed by atoms with van der Waals surface area (Å²) in [6.07, 6.45) is 6.06. The lowest BCUT2D eigenvalue weighted by Gasteiger charge is -2.24. The molecule has 1 aliphatic rings. The van der Waals surface area contributed by atoms with E-state index in [0.717, 1.165) is 12.8 Å². The Balaban J connectivity index is 2.11. The van der Waals surface area contributed by atoms with Gasteiger partial charge in [-0.05, 0) is 19.8 Å². The molecule has 1 aromatic rings. The second kappa shape index (κ2) is 3.81. The average Bonchev–Trinajstić information content (AvgIpc) is 2.73. The standard InChI is InChI=1S/C11H18N4O/c1-11(5-3-4-6-11)13-10(16)9-8(12)7-15(2)14-9/h7H,3-6,12H2,1-2H3,(H,13,16). The van der Waals surface area contributed by atoms with Gasteiger partial charge in [-0.15, -0.1) is 0 Å². The van der Waals surface area contributed by atoms with Crippen LogP contribution in [-0.4, -0.2) is 21.2 Å². The lowest BCUT2D eigenvalue weighted by atomic mass is 10.0. The van der Waals surface area contributed by atoms with Crippen LogP contribution in [0.5, 0.6) is 0 Å². The molecule has 88 valence electrons. The zero-order valence-corrected chi connectivity index (χ0v) is 9.79. The van der Waals surface area contributed by atoms with E-state index in [1.165, 1.54) is 12.8 Å². The number of hydrogen-bond donors (Lipinski definition) is 2. The SMILES string of the molecule is Cn1cc(N)c(C(=O)NC2(C)CCCC2)n1. The number of rotatable bonds is 2. The van der Waals surface area contributed by atoms with Crippen LogP contribution in [0.1, 0.15) is 43.1 Å². The van der Waals surface area contributed by atoms with Crippen LogP contribution >= 0.6 is 0 Å². The molecule has 5 nitrogen and oxygen atoms in total. The number of nitrogens with two attached hydrogens (primary N) is 1. The number of nitrogen functional groups attached to an aromatic ring is 1. The fourth-order valence-electron chi connectivity index (χ4n) is 2.30. The minimum Gasteiger partial charge on any atom is -0.396 e. The third-order valence-corrected chi connectivity index (χ3v) is 3.19. The molecule has 2 rings (SSSR count). The van der Waals surface area contributed by atoms with Gasteiger partial charge in [0.2, 0.25) is 0 Å². The van der Waals surface area contributed by atoms with Crippen molar-refractivity contribution in [3.8, 4) is 0 Å². The van der Waals surface area contributed by atoms with Crippen LogP contribution in [0.15, 0.2) is 6.20 Å².